The van der Waals surface area contributed by atoms with E-state index in [0.717, 1.165) is 17.0 Å². The van der Waals surface area contributed by atoms with Gasteiger partial charge in [-0.25, -0.2) is 9.50 Å². The maximum Gasteiger partial charge on any atom is 0.270 e. The molecule has 7 heteroatoms. The molecular weight excluding hydrogens is 316 g/mol. The van der Waals surface area contributed by atoms with E-state index < -0.39 is 0 Å². The number of pyridine rings is 1. The molecule has 0 saturated heterocycles. The van der Waals surface area contributed by atoms with Gasteiger partial charge < -0.3 is 5.32 Å². The highest BCUT2D eigenvalue weighted by Gasteiger charge is 2.17. The first-order valence-electron chi connectivity index (χ1n) is 8.37. The van der Waals surface area contributed by atoms with Crippen molar-refractivity contribution in [1.82, 2.24) is 29.9 Å². The van der Waals surface area contributed by atoms with Gasteiger partial charge in [0.25, 0.3) is 11.7 Å². The Balaban J connectivity index is 1.79. The molecule has 0 spiro atoms. The molecule has 1 amide bonds. The lowest BCUT2D eigenvalue weighted by molar-refractivity contribution is 0.0934. The van der Waals surface area contributed by atoms with Crippen molar-refractivity contribution in [3.63, 3.8) is 0 Å². The van der Waals surface area contributed by atoms with Crippen LogP contribution in [0.1, 0.15) is 54.1 Å². The zero-order valence-electron chi connectivity index (χ0n) is 14.9. The van der Waals surface area contributed by atoms with Crippen LogP contribution in [0.3, 0.4) is 0 Å². The van der Waals surface area contributed by atoms with E-state index in [0.29, 0.717) is 17.9 Å². The Kier molecular flexibility index (Phi) is 4.74. The van der Waals surface area contributed by atoms with Crippen LogP contribution in [0.25, 0.3) is 5.78 Å². The van der Waals surface area contributed by atoms with Gasteiger partial charge in [-0.3, -0.25) is 9.78 Å². The molecule has 0 aliphatic heterocycles. The number of aromatic nitrogens is 5. The van der Waals surface area contributed by atoms with Gasteiger partial charge in [-0.1, -0.05) is 19.9 Å². The highest BCUT2D eigenvalue weighted by molar-refractivity contribution is 5.93. The van der Waals surface area contributed by atoms with Gasteiger partial charge in [0.05, 0.1) is 5.69 Å². The summed E-state index contributed by atoms with van der Waals surface area (Å²) in [6.07, 6.45) is 3.89. The summed E-state index contributed by atoms with van der Waals surface area (Å²) < 4.78 is 1.67. The van der Waals surface area contributed by atoms with Crippen molar-refractivity contribution in [2.75, 3.05) is 0 Å². The van der Waals surface area contributed by atoms with Crippen molar-refractivity contribution in [3.8, 4) is 0 Å². The minimum atomic E-state index is -0.214. The van der Waals surface area contributed by atoms with Crippen LogP contribution < -0.4 is 5.32 Å². The van der Waals surface area contributed by atoms with Crippen molar-refractivity contribution in [1.29, 1.82) is 0 Å². The number of carbonyl (C=O) groups is 1. The molecule has 130 valence electrons. The Labute approximate surface area is 146 Å². The molecule has 3 aromatic rings. The Hall–Kier alpha value is -2.83. The van der Waals surface area contributed by atoms with Crippen LogP contribution in [-0.2, 0) is 6.42 Å². The third kappa shape index (κ3) is 3.65. The minimum Gasteiger partial charge on any atom is -0.348 e. The maximum atomic E-state index is 12.6. The number of aryl methyl sites for hydroxylation is 1. The molecule has 7 nitrogen and oxygen atoms in total. The predicted molar refractivity (Wildman–Crippen MR) is 94.5 cm³/mol. The molecule has 0 aliphatic rings. The van der Waals surface area contributed by atoms with E-state index in [9.17, 15) is 4.79 Å². The largest absolute Gasteiger partial charge is 0.348 e. The fraction of sp³-hybridized carbons (Fsp3) is 0.389. The molecule has 0 fully saturated rings. The van der Waals surface area contributed by atoms with Crippen LogP contribution in [0.15, 0.2) is 30.7 Å². The van der Waals surface area contributed by atoms with Crippen LogP contribution in [0, 0.1) is 6.92 Å². The monoisotopic (exact) mass is 338 g/mol. The van der Waals surface area contributed by atoms with Crippen molar-refractivity contribution >= 4 is 11.7 Å². The van der Waals surface area contributed by atoms with Gasteiger partial charge in [-0.05, 0) is 37.5 Å². The number of nitrogens with zero attached hydrogens (tertiary/aromatic N) is 5. The summed E-state index contributed by atoms with van der Waals surface area (Å²) in [7, 11) is 0. The van der Waals surface area contributed by atoms with Gasteiger partial charge in [0.1, 0.15) is 12.0 Å². The Morgan fingerprint density at radius 3 is 2.80 bits per heavy atom. The highest BCUT2D eigenvalue weighted by Crippen LogP contribution is 2.16. The summed E-state index contributed by atoms with van der Waals surface area (Å²) in [4.78, 5) is 25.4. The summed E-state index contributed by atoms with van der Waals surface area (Å²) >= 11 is 0. The minimum absolute atomic E-state index is 0.0560. The average Bonchev–Trinajstić information content (AvgIpc) is 3.04. The normalized spacial score (nSPS) is 12.5. The molecule has 0 aliphatic carbocycles. The standard InChI is InChI=1S/C18H22N6O/c1-11(2)16-9-15(23-18-20-10-21-24(16)18)17(25)22-13(4)8-14-12(3)6-5-7-19-14/h5-7,9-11,13H,8H2,1-4H3,(H,22,25). The summed E-state index contributed by atoms with van der Waals surface area (Å²) in [5.41, 5.74) is 3.36. The first kappa shape index (κ1) is 17.0. The topological polar surface area (TPSA) is 85.1 Å². The van der Waals surface area contributed by atoms with E-state index in [1.165, 1.54) is 6.33 Å². The Morgan fingerprint density at radius 1 is 1.28 bits per heavy atom. The van der Waals surface area contributed by atoms with E-state index in [4.69, 9.17) is 0 Å². The van der Waals surface area contributed by atoms with Crippen molar-refractivity contribution in [3.05, 3.63) is 53.4 Å². The summed E-state index contributed by atoms with van der Waals surface area (Å²) in [6.45, 7) is 8.08. The first-order chi connectivity index (χ1) is 12.0. The van der Waals surface area contributed by atoms with Gasteiger partial charge in [0, 0.05) is 24.4 Å². The summed E-state index contributed by atoms with van der Waals surface area (Å²) in [5.74, 6) is 0.422. The number of carbonyl (C=O) groups excluding carboxylic acids is 1. The smallest absolute Gasteiger partial charge is 0.270 e. The number of nitrogens with one attached hydrogen (secondary N) is 1. The van der Waals surface area contributed by atoms with Gasteiger partial charge in [0.15, 0.2) is 0 Å². The van der Waals surface area contributed by atoms with Crippen molar-refractivity contribution < 1.29 is 4.79 Å². The zero-order chi connectivity index (χ0) is 18.0. The lowest BCUT2D eigenvalue weighted by atomic mass is 10.1. The molecule has 0 bridgehead atoms. The fourth-order valence-corrected chi connectivity index (χ4v) is 2.73. The van der Waals surface area contributed by atoms with Gasteiger partial charge >= 0.3 is 0 Å². The van der Waals surface area contributed by atoms with Gasteiger partial charge in [-0.2, -0.15) is 10.1 Å². The van der Waals surface area contributed by atoms with E-state index in [1.54, 1.807) is 16.8 Å². The van der Waals surface area contributed by atoms with Crippen LogP contribution in [0.5, 0.6) is 0 Å². The third-order valence-corrected chi connectivity index (χ3v) is 4.10. The molecule has 25 heavy (non-hydrogen) atoms. The van der Waals surface area contributed by atoms with Gasteiger partial charge in [-0.15, -0.1) is 0 Å². The average molecular weight is 338 g/mol. The second kappa shape index (κ2) is 6.96. The Bertz CT molecular complexity index is 901. The van der Waals surface area contributed by atoms with Gasteiger partial charge in [0.2, 0.25) is 0 Å². The molecular formula is C18H22N6O. The number of hydrogen-bond acceptors (Lipinski definition) is 5. The number of amides is 1. The quantitative estimate of drug-likeness (QED) is 0.771. The van der Waals surface area contributed by atoms with E-state index in [1.807, 2.05) is 39.8 Å². The number of hydrogen-bond donors (Lipinski definition) is 1. The van der Waals surface area contributed by atoms with Crippen LogP contribution in [-0.4, -0.2) is 36.5 Å². The van der Waals surface area contributed by atoms with E-state index in [2.05, 4.69) is 25.4 Å². The summed E-state index contributed by atoms with van der Waals surface area (Å²) in [6, 6.07) is 5.65. The SMILES string of the molecule is Cc1cccnc1CC(C)NC(=O)c1cc(C(C)C)n2ncnc2n1. The lowest BCUT2D eigenvalue weighted by Gasteiger charge is -2.15. The Morgan fingerprint density at radius 2 is 2.08 bits per heavy atom. The maximum absolute atomic E-state index is 12.6. The molecule has 1 atom stereocenters. The summed E-state index contributed by atoms with van der Waals surface area (Å²) in [5, 5.41) is 7.17. The second-order valence-corrected chi connectivity index (χ2v) is 6.54. The lowest BCUT2D eigenvalue weighted by Crippen LogP contribution is -2.35. The molecule has 1 N–H and O–H groups in total. The number of rotatable bonds is 5. The number of fused-ring (bicyclic) bond motifs is 1. The van der Waals surface area contributed by atoms with Crippen molar-refractivity contribution in [2.45, 2.75) is 46.1 Å². The van der Waals surface area contributed by atoms with Crippen LogP contribution >= 0.6 is 0 Å². The van der Waals surface area contributed by atoms with Crippen LogP contribution in [0.4, 0.5) is 0 Å². The molecule has 3 rings (SSSR count). The van der Waals surface area contributed by atoms with E-state index in [-0.39, 0.29) is 17.9 Å². The van der Waals surface area contributed by atoms with Crippen molar-refractivity contribution in [2.24, 2.45) is 0 Å². The molecule has 3 aromatic heterocycles. The fourth-order valence-electron chi connectivity index (χ4n) is 2.73. The molecule has 3 heterocycles. The van der Waals surface area contributed by atoms with Crippen LogP contribution in [0.2, 0.25) is 0 Å². The molecule has 0 aromatic carbocycles. The third-order valence-electron chi connectivity index (χ3n) is 4.10. The zero-order valence-corrected chi connectivity index (χ0v) is 14.9. The predicted octanol–water partition coefficient (Wildman–Crippen LogP) is 2.31. The second-order valence-electron chi connectivity index (χ2n) is 6.54. The molecule has 1 unspecified atom stereocenters. The first-order valence-corrected chi connectivity index (χ1v) is 8.37. The molecule has 0 radical (unpaired) electrons. The molecule has 0 saturated carbocycles. The van der Waals surface area contributed by atoms with E-state index >= 15 is 0 Å². The highest BCUT2D eigenvalue weighted by atomic mass is 16.1.